The van der Waals surface area contributed by atoms with Crippen LogP contribution in [0, 0.1) is 17.0 Å². The molecule has 0 heterocycles. The van der Waals surface area contributed by atoms with Gasteiger partial charge in [-0.05, 0) is 24.6 Å². The summed E-state index contributed by atoms with van der Waals surface area (Å²) in [4.78, 5) is 22.0. The quantitative estimate of drug-likeness (QED) is 0.452. The van der Waals surface area contributed by atoms with Gasteiger partial charge >= 0.3 is 0 Å². The van der Waals surface area contributed by atoms with Crippen molar-refractivity contribution in [2.24, 2.45) is 5.10 Å². The van der Waals surface area contributed by atoms with Crippen LogP contribution >= 0.6 is 0 Å². The summed E-state index contributed by atoms with van der Waals surface area (Å²) in [5.41, 5.74) is 2.41. The molecule has 0 aliphatic carbocycles. The molecule has 2 rings (SSSR count). The Hall–Kier alpha value is -3.42. The molecule has 8 nitrogen and oxygen atoms in total. The number of non-ortho nitro benzene ring substituents is 1. The number of aromatic hydroxyl groups is 2. The van der Waals surface area contributed by atoms with E-state index in [1.807, 2.05) is 0 Å². The van der Waals surface area contributed by atoms with E-state index in [9.17, 15) is 25.1 Å². The highest BCUT2D eigenvalue weighted by Gasteiger charge is 2.13. The van der Waals surface area contributed by atoms with Crippen LogP contribution in [0.4, 0.5) is 5.69 Å². The van der Waals surface area contributed by atoms with Gasteiger partial charge in [-0.1, -0.05) is 12.1 Å². The normalized spacial score (nSPS) is 10.7. The van der Waals surface area contributed by atoms with Crippen LogP contribution in [0.25, 0.3) is 0 Å². The molecular weight excluding hydrogens is 302 g/mol. The number of rotatable bonds is 4. The second kappa shape index (κ2) is 6.56. The van der Waals surface area contributed by atoms with E-state index >= 15 is 0 Å². The Labute approximate surface area is 130 Å². The minimum atomic E-state index is -0.652. The summed E-state index contributed by atoms with van der Waals surface area (Å²) in [7, 11) is 0. The number of hydrogen-bond donors (Lipinski definition) is 3. The van der Waals surface area contributed by atoms with Gasteiger partial charge in [-0.3, -0.25) is 14.9 Å². The first-order chi connectivity index (χ1) is 10.9. The molecule has 118 valence electrons. The van der Waals surface area contributed by atoms with Crippen LogP contribution in [0.3, 0.4) is 0 Å². The third-order valence-electron chi connectivity index (χ3n) is 3.04. The van der Waals surface area contributed by atoms with Crippen LogP contribution < -0.4 is 5.43 Å². The first-order valence-electron chi connectivity index (χ1n) is 6.49. The number of amides is 1. The SMILES string of the molecule is Cc1cc([N+](=O)[O-])cc(/C=N/NC(=O)c2ccccc2O)c1O. The first-order valence-corrected chi connectivity index (χ1v) is 6.49. The van der Waals surface area contributed by atoms with Gasteiger partial charge in [0.2, 0.25) is 0 Å². The number of nitro groups is 1. The lowest BCUT2D eigenvalue weighted by Crippen LogP contribution is -2.17. The number of hydrazone groups is 1. The maximum atomic E-state index is 11.8. The second-order valence-electron chi connectivity index (χ2n) is 4.67. The maximum Gasteiger partial charge on any atom is 0.275 e. The molecule has 1 amide bonds. The summed E-state index contributed by atoms with van der Waals surface area (Å²) in [6.07, 6.45) is 1.09. The van der Waals surface area contributed by atoms with Gasteiger partial charge in [0.15, 0.2) is 0 Å². The fourth-order valence-electron chi connectivity index (χ4n) is 1.88. The van der Waals surface area contributed by atoms with Crippen molar-refractivity contribution in [2.75, 3.05) is 0 Å². The molecule has 2 aromatic rings. The number of para-hydroxylation sites is 1. The number of phenolic OH excluding ortho intramolecular Hbond substituents is 2. The van der Waals surface area contributed by atoms with Crippen molar-refractivity contribution in [3.8, 4) is 11.5 Å². The topological polar surface area (TPSA) is 125 Å². The second-order valence-corrected chi connectivity index (χ2v) is 4.67. The van der Waals surface area contributed by atoms with Crippen LogP contribution in [0.1, 0.15) is 21.5 Å². The van der Waals surface area contributed by atoms with Crippen molar-refractivity contribution in [3.05, 3.63) is 63.2 Å². The van der Waals surface area contributed by atoms with Gasteiger partial charge < -0.3 is 10.2 Å². The number of nitrogens with zero attached hydrogens (tertiary/aromatic N) is 2. The Balaban J connectivity index is 2.19. The number of phenols is 2. The average Bonchev–Trinajstić information content (AvgIpc) is 2.51. The van der Waals surface area contributed by atoms with Gasteiger partial charge in [0, 0.05) is 17.7 Å². The lowest BCUT2D eigenvalue weighted by atomic mass is 10.1. The molecular formula is C15H13N3O5. The van der Waals surface area contributed by atoms with E-state index in [4.69, 9.17) is 0 Å². The van der Waals surface area contributed by atoms with Crippen molar-refractivity contribution >= 4 is 17.8 Å². The molecule has 0 atom stereocenters. The number of nitro benzene ring substituents is 1. The van der Waals surface area contributed by atoms with Crippen molar-refractivity contribution in [3.63, 3.8) is 0 Å². The molecule has 0 saturated carbocycles. The molecule has 0 fully saturated rings. The largest absolute Gasteiger partial charge is 0.507 e. The third kappa shape index (κ3) is 3.62. The Bertz CT molecular complexity index is 802. The van der Waals surface area contributed by atoms with Gasteiger partial charge in [-0.2, -0.15) is 5.10 Å². The predicted molar refractivity (Wildman–Crippen MR) is 82.7 cm³/mol. The highest BCUT2D eigenvalue weighted by atomic mass is 16.6. The molecule has 0 bridgehead atoms. The maximum absolute atomic E-state index is 11.8. The zero-order valence-electron chi connectivity index (χ0n) is 12.1. The fraction of sp³-hybridized carbons (Fsp3) is 0.0667. The highest BCUT2D eigenvalue weighted by Crippen LogP contribution is 2.26. The average molecular weight is 315 g/mol. The van der Waals surface area contributed by atoms with Crippen molar-refractivity contribution in [1.82, 2.24) is 5.43 Å². The van der Waals surface area contributed by atoms with Crippen LogP contribution in [0.15, 0.2) is 41.5 Å². The van der Waals surface area contributed by atoms with Gasteiger partial charge in [0.25, 0.3) is 11.6 Å². The summed E-state index contributed by atoms with van der Waals surface area (Å²) < 4.78 is 0. The lowest BCUT2D eigenvalue weighted by molar-refractivity contribution is -0.384. The van der Waals surface area contributed by atoms with E-state index in [0.717, 1.165) is 12.3 Å². The van der Waals surface area contributed by atoms with Crippen molar-refractivity contribution in [1.29, 1.82) is 0 Å². The molecule has 0 radical (unpaired) electrons. The Kier molecular flexibility index (Phi) is 4.55. The minimum Gasteiger partial charge on any atom is -0.507 e. The van der Waals surface area contributed by atoms with E-state index < -0.39 is 10.8 Å². The van der Waals surface area contributed by atoms with Gasteiger partial charge in [0.1, 0.15) is 11.5 Å². The van der Waals surface area contributed by atoms with E-state index in [0.29, 0.717) is 5.56 Å². The fourth-order valence-corrected chi connectivity index (χ4v) is 1.88. The number of aryl methyl sites for hydroxylation is 1. The highest BCUT2D eigenvalue weighted by molar-refractivity contribution is 5.97. The van der Waals surface area contributed by atoms with Gasteiger partial charge in [-0.25, -0.2) is 5.43 Å². The Morgan fingerprint density at radius 1 is 1.30 bits per heavy atom. The van der Waals surface area contributed by atoms with Crippen LogP contribution in [-0.4, -0.2) is 27.3 Å². The van der Waals surface area contributed by atoms with Crippen LogP contribution in [-0.2, 0) is 0 Å². The molecule has 0 spiro atoms. The molecule has 8 heteroatoms. The Morgan fingerprint density at radius 3 is 2.65 bits per heavy atom. The van der Waals surface area contributed by atoms with Crippen LogP contribution in [0.5, 0.6) is 11.5 Å². The number of carbonyl (C=O) groups is 1. The number of carbonyl (C=O) groups excluding carboxylic acids is 1. The minimum absolute atomic E-state index is 0.0316. The van der Waals surface area contributed by atoms with Crippen LogP contribution in [0.2, 0.25) is 0 Å². The number of nitrogens with one attached hydrogen (secondary N) is 1. The Morgan fingerprint density at radius 2 is 2.00 bits per heavy atom. The summed E-state index contributed by atoms with van der Waals surface area (Å²) in [6.45, 7) is 1.51. The zero-order chi connectivity index (χ0) is 17.0. The molecule has 0 aliphatic rings. The molecule has 23 heavy (non-hydrogen) atoms. The first kappa shape index (κ1) is 16.0. The molecule has 0 unspecified atom stereocenters. The standard InChI is InChI=1S/C15H13N3O5/c1-9-6-11(18(22)23)7-10(14(9)20)8-16-17-15(21)12-4-2-3-5-13(12)19/h2-8,19-20H,1H3,(H,17,21)/b16-8+. The predicted octanol–water partition coefficient (Wildman–Crippen LogP) is 2.08. The van der Waals surface area contributed by atoms with Gasteiger partial charge in [-0.15, -0.1) is 0 Å². The van der Waals surface area contributed by atoms with E-state index in [1.54, 1.807) is 12.1 Å². The molecule has 0 saturated heterocycles. The van der Waals surface area contributed by atoms with Gasteiger partial charge in [0.05, 0.1) is 16.7 Å². The van der Waals surface area contributed by atoms with E-state index in [2.05, 4.69) is 10.5 Å². The lowest BCUT2D eigenvalue weighted by Gasteiger charge is -2.04. The molecule has 0 aromatic heterocycles. The number of benzene rings is 2. The molecule has 0 aliphatic heterocycles. The van der Waals surface area contributed by atoms with E-state index in [1.165, 1.54) is 25.1 Å². The monoisotopic (exact) mass is 315 g/mol. The molecule has 2 aromatic carbocycles. The summed E-state index contributed by atoms with van der Waals surface area (Å²) >= 11 is 0. The number of hydrogen-bond acceptors (Lipinski definition) is 6. The smallest absolute Gasteiger partial charge is 0.275 e. The zero-order valence-corrected chi connectivity index (χ0v) is 12.1. The van der Waals surface area contributed by atoms with Crippen molar-refractivity contribution in [2.45, 2.75) is 6.92 Å². The third-order valence-corrected chi connectivity index (χ3v) is 3.04. The van der Waals surface area contributed by atoms with E-state index in [-0.39, 0.29) is 28.3 Å². The molecule has 3 N–H and O–H groups in total. The summed E-state index contributed by atoms with van der Waals surface area (Å²) in [6, 6.07) is 8.28. The van der Waals surface area contributed by atoms with Crippen molar-refractivity contribution < 1.29 is 19.9 Å². The summed E-state index contributed by atoms with van der Waals surface area (Å²) in [5, 5.41) is 33.9. The summed E-state index contributed by atoms with van der Waals surface area (Å²) in [5.74, 6) is -1.02.